The summed E-state index contributed by atoms with van der Waals surface area (Å²) >= 11 is 6.01. The molecular weight excluding hydrogens is 236 g/mol. The van der Waals surface area contributed by atoms with E-state index in [0.29, 0.717) is 28.3 Å². The molecule has 3 N–H and O–H groups in total. The quantitative estimate of drug-likeness (QED) is 0.539. The first-order valence-electron chi connectivity index (χ1n) is 5.68. The number of hydrogen-bond acceptors (Lipinski definition) is 4. The first-order chi connectivity index (χ1) is 8.16. The van der Waals surface area contributed by atoms with Crippen molar-refractivity contribution < 1.29 is 0 Å². The van der Waals surface area contributed by atoms with Gasteiger partial charge in [-0.15, -0.1) is 0 Å². The number of nitrogens with zero attached hydrogens (tertiary/aromatic N) is 2. The van der Waals surface area contributed by atoms with E-state index in [1.165, 1.54) is 0 Å². The molecule has 1 fully saturated rings. The summed E-state index contributed by atoms with van der Waals surface area (Å²) in [5.74, 6) is 7.57. The van der Waals surface area contributed by atoms with Gasteiger partial charge in [0.25, 0.3) is 0 Å². The number of hydrogen-bond donors (Lipinski definition) is 2. The summed E-state index contributed by atoms with van der Waals surface area (Å²) in [6.07, 6.45) is 2.13. The number of nitrogen functional groups attached to an aromatic ring is 1. The maximum Gasteiger partial charge on any atom is 0.150 e. The van der Waals surface area contributed by atoms with Crippen molar-refractivity contribution in [2.24, 2.45) is 5.92 Å². The number of piperidine rings is 1. The molecule has 0 aliphatic carbocycles. The van der Waals surface area contributed by atoms with Gasteiger partial charge in [0.15, 0.2) is 5.15 Å². The molecule has 2 heterocycles. The van der Waals surface area contributed by atoms with Gasteiger partial charge in [-0.3, -0.25) is 0 Å². The highest BCUT2D eigenvalue weighted by atomic mass is 35.5. The van der Waals surface area contributed by atoms with Gasteiger partial charge in [-0.1, -0.05) is 23.4 Å². The Bertz CT molecular complexity index is 446. The van der Waals surface area contributed by atoms with Crippen molar-refractivity contribution in [3.63, 3.8) is 0 Å². The van der Waals surface area contributed by atoms with Gasteiger partial charge < -0.3 is 11.1 Å². The lowest BCUT2D eigenvalue weighted by Crippen LogP contribution is -2.26. The van der Waals surface area contributed by atoms with E-state index in [1.54, 1.807) is 6.92 Å². The zero-order chi connectivity index (χ0) is 12.3. The highest BCUT2D eigenvalue weighted by molar-refractivity contribution is 6.30. The van der Waals surface area contributed by atoms with Gasteiger partial charge in [-0.05, 0) is 32.9 Å². The molecule has 4 nitrogen and oxygen atoms in total. The van der Waals surface area contributed by atoms with Crippen LogP contribution in [0.3, 0.4) is 0 Å². The standard InChI is InChI=1S/C12H15ClN4/c1-8-16-11(13)10(12(14)17-8)3-2-9-4-6-15-7-5-9/h9,15H,4-7H2,1H3,(H2,14,16,17). The lowest BCUT2D eigenvalue weighted by atomic mass is 9.99. The van der Waals surface area contributed by atoms with Crippen LogP contribution in [-0.4, -0.2) is 23.1 Å². The molecule has 1 aromatic heterocycles. The van der Waals surface area contributed by atoms with Crippen LogP contribution in [0.15, 0.2) is 0 Å². The molecule has 0 bridgehead atoms. The van der Waals surface area contributed by atoms with Crippen LogP contribution < -0.4 is 11.1 Å². The van der Waals surface area contributed by atoms with Gasteiger partial charge in [0.1, 0.15) is 17.2 Å². The summed E-state index contributed by atoms with van der Waals surface area (Å²) < 4.78 is 0. The van der Waals surface area contributed by atoms with Gasteiger partial charge in [-0.2, -0.15) is 0 Å². The fourth-order valence-electron chi connectivity index (χ4n) is 1.81. The van der Waals surface area contributed by atoms with Crippen molar-refractivity contribution in [2.45, 2.75) is 19.8 Å². The number of anilines is 1. The Morgan fingerprint density at radius 1 is 1.35 bits per heavy atom. The molecule has 1 aromatic rings. The number of nitrogens with two attached hydrogens (primary N) is 1. The van der Waals surface area contributed by atoms with E-state index in [4.69, 9.17) is 17.3 Å². The SMILES string of the molecule is Cc1nc(N)c(C#CC2CCNCC2)c(Cl)n1. The van der Waals surface area contributed by atoms with Crippen LogP contribution in [0, 0.1) is 24.7 Å². The fraction of sp³-hybridized carbons (Fsp3) is 0.500. The lowest BCUT2D eigenvalue weighted by molar-refractivity contribution is 0.447. The van der Waals surface area contributed by atoms with Crippen molar-refractivity contribution in [1.29, 1.82) is 0 Å². The third-order valence-electron chi connectivity index (χ3n) is 2.75. The number of rotatable bonds is 0. The highest BCUT2D eigenvalue weighted by Crippen LogP contribution is 2.18. The van der Waals surface area contributed by atoms with Crippen molar-refractivity contribution in [2.75, 3.05) is 18.8 Å². The third kappa shape index (κ3) is 3.09. The van der Waals surface area contributed by atoms with Crippen molar-refractivity contribution in [3.8, 4) is 11.8 Å². The fourth-order valence-corrected chi connectivity index (χ4v) is 2.08. The molecule has 5 heteroatoms. The second kappa shape index (κ2) is 5.35. The predicted molar refractivity (Wildman–Crippen MR) is 68.7 cm³/mol. The Labute approximate surface area is 106 Å². The molecule has 1 aliphatic heterocycles. The Hall–Kier alpha value is -1.31. The minimum atomic E-state index is 0.344. The van der Waals surface area contributed by atoms with Crippen LogP contribution >= 0.6 is 11.6 Å². The molecule has 0 saturated carbocycles. The molecule has 0 radical (unpaired) electrons. The van der Waals surface area contributed by atoms with Crippen LogP contribution in [0.2, 0.25) is 5.15 Å². The maximum atomic E-state index is 6.01. The van der Waals surface area contributed by atoms with E-state index in [9.17, 15) is 0 Å². The Kier molecular flexibility index (Phi) is 3.82. The zero-order valence-electron chi connectivity index (χ0n) is 9.76. The van der Waals surface area contributed by atoms with Crippen LogP contribution in [0.5, 0.6) is 0 Å². The summed E-state index contributed by atoms with van der Waals surface area (Å²) in [4.78, 5) is 8.12. The Morgan fingerprint density at radius 2 is 2.06 bits per heavy atom. The van der Waals surface area contributed by atoms with Crippen LogP contribution in [0.25, 0.3) is 0 Å². The number of halogens is 1. The molecule has 0 aromatic carbocycles. The molecule has 17 heavy (non-hydrogen) atoms. The van der Waals surface area contributed by atoms with E-state index in [1.807, 2.05) is 0 Å². The lowest BCUT2D eigenvalue weighted by Gasteiger charge is -2.17. The van der Waals surface area contributed by atoms with Crippen molar-refractivity contribution >= 4 is 17.4 Å². The van der Waals surface area contributed by atoms with Gasteiger partial charge in [0.2, 0.25) is 0 Å². The minimum Gasteiger partial charge on any atom is -0.383 e. The monoisotopic (exact) mass is 250 g/mol. The van der Waals surface area contributed by atoms with E-state index in [0.717, 1.165) is 25.9 Å². The predicted octanol–water partition coefficient (Wildman–Crippen LogP) is 1.37. The van der Waals surface area contributed by atoms with Crippen molar-refractivity contribution in [3.05, 3.63) is 16.5 Å². The largest absolute Gasteiger partial charge is 0.383 e. The van der Waals surface area contributed by atoms with Crippen LogP contribution in [-0.2, 0) is 0 Å². The first-order valence-corrected chi connectivity index (χ1v) is 6.06. The van der Waals surface area contributed by atoms with E-state index in [2.05, 4.69) is 27.1 Å². The van der Waals surface area contributed by atoms with Crippen LogP contribution in [0.4, 0.5) is 5.82 Å². The smallest absolute Gasteiger partial charge is 0.150 e. The summed E-state index contributed by atoms with van der Waals surface area (Å²) in [5, 5.41) is 3.64. The van der Waals surface area contributed by atoms with Gasteiger partial charge >= 0.3 is 0 Å². The average Bonchev–Trinajstić information content (AvgIpc) is 2.29. The summed E-state index contributed by atoms with van der Waals surface area (Å²) in [6.45, 7) is 3.80. The third-order valence-corrected chi connectivity index (χ3v) is 3.02. The average molecular weight is 251 g/mol. The van der Waals surface area contributed by atoms with Crippen LogP contribution in [0.1, 0.15) is 24.2 Å². The summed E-state index contributed by atoms with van der Waals surface area (Å²) in [7, 11) is 0. The van der Waals surface area contributed by atoms with E-state index in [-0.39, 0.29) is 0 Å². The van der Waals surface area contributed by atoms with Gasteiger partial charge in [-0.25, -0.2) is 9.97 Å². The molecule has 0 amide bonds. The van der Waals surface area contributed by atoms with E-state index < -0.39 is 0 Å². The maximum absolute atomic E-state index is 6.01. The zero-order valence-corrected chi connectivity index (χ0v) is 10.5. The van der Waals surface area contributed by atoms with Crippen molar-refractivity contribution in [1.82, 2.24) is 15.3 Å². The molecule has 1 saturated heterocycles. The molecule has 0 atom stereocenters. The summed E-state index contributed by atoms with van der Waals surface area (Å²) in [6, 6.07) is 0. The van der Waals surface area contributed by atoms with E-state index >= 15 is 0 Å². The Balaban J connectivity index is 2.20. The molecule has 0 unspecified atom stereocenters. The number of nitrogens with one attached hydrogen (secondary N) is 1. The summed E-state index contributed by atoms with van der Waals surface area (Å²) in [5.41, 5.74) is 6.34. The molecular formula is C12H15ClN4. The normalized spacial score (nSPS) is 16.4. The Morgan fingerprint density at radius 3 is 2.71 bits per heavy atom. The number of aromatic nitrogens is 2. The highest BCUT2D eigenvalue weighted by Gasteiger charge is 2.11. The number of aryl methyl sites for hydroxylation is 1. The molecule has 0 spiro atoms. The topological polar surface area (TPSA) is 63.8 Å². The van der Waals surface area contributed by atoms with Gasteiger partial charge in [0, 0.05) is 5.92 Å². The second-order valence-corrected chi connectivity index (χ2v) is 4.47. The molecule has 90 valence electrons. The second-order valence-electron chi connectivity index (χ2n) is 4.12. The minimum absolute atomic E-state index is 0.344. The first kappa shape index (κ1) is 12.2. The molecule has 1 aliphatic rings. The molecule has 2 rings (SSSR count). The van der Waals surface area contributed by atoms with Gasteiger partial charge in [0.05, 0.1) is 0 Å².